The third kappa shape index (κ3) is 4.71. The number of aryl methyl sites for hydroxylation is 1. The number of fused-ring (bicyclic) bond motifs is 2. The third-order valence-electron chi connectivity index (χ3n) is 5.14. The van der Waals surface area contributed by atoms with Crippen LogP contribution in [0.1, 0.15) is 61.4 Å². The minimum absolute atomic E-state index is 0.00106. The van der Waals surface area contributed by atoms with Gasteiger partial charge >= 0.3 is 5.97 Å². The highest BCUT2D eigenvalue weighted by Gasteiger charge is 2.21. The highest BCUT2D eigenvalue weighted by atomic mass is 32.2. The maximum absolute atomic E-state index is 13.0. The average Bonchev–Trinajstić information content (AvgIpc) is 2.69. The molecule has 160 valence electrons. The lowest BCUT2D eigenvalue weighted by molar-refractivity contribution is 0.0697. The van der Waals surface area contributed by atoms with Gasteiger partial charge in [0.2, 0.25) is 5.43 Å². The number of carboxylic acid groups (broad SMARTS) is 1. The van der Waals surface area contributed by atoms with Crippen LogP contribution in [0.4, 0.5) is 0 Å². The maximum Gasteiger partial charge on any atom is 0.335 e. The molecule has 0 aliphatic rings. The second kappa shape index (κ2) is 8.97. The lowest BCUT2D eigenvalue weighted by Crippen LogP contribution is -2.08. The number of unbranched alkanes of at least 4 members (excludes halogenated alkanes) is 5. The van der Waals surface area contributed by atoms with E-state index in [1.807, 2.05) is 0 Å². The van der Waals surface area contributed by atoms with Crippen LogP contribution < -0.4 is 5.43 Å². The summed E-state index contributed by atoms with van der Waals surface area (Å²) >= 11 is 0. The Bertz CT molecular complexity index is 1260. The Morgan fingerprint density at radius 3 is 2.37 bits per heavy atom. The minimum atomic E-state index is -4.63. The van der Waals surface area contributed by atoms with Crippen LogP contribution in [0.15, 0.2) is 44.4 Å². The number of carbonyl (C=O) groups is 1. The smallest absolute Gasteiger partial charge is 0.335 e. The first-order valence-electron chi connectivity index (χ1n) is 9.96. The van der Waals surface area contributed by atoms with Gasteiger partial charge in [0, 0.05) is 0 Å². The predicted molar refractivity (Wildman–Crippen MR) is 114 cm³/mol. The number of hydrogen-bond acceptors (Lipinski definition) is 5. The molecule has 3 rings (SSSR count). The highest BCUT2D eigenvalue weighted by molar-refractivity contribution is 7.86. The lowest BCUT2D eigenvalue weighted by Gasteiger charge is -2.09. The number of hydrogen-bond donors (Lipinski definition) is 2. The van der Waals surface area contributed by atoms with E-state index in [-0.39, 0.29) is 27.5 Å². The Hall–Kier alpha value is -2.71. The van der Waals surface area contributed by atoms with Crippen LogP contribution in [0.25, 0.3) is 21.9 Å². The Morgan fingerprint density at radius 2 is 1.70 bits per heavy atom. The molecule has 0 aliphatic carbocycles. The second-order valence-electron chi connectivity index (χ2n) is 7.41. The first kappa shape index (κ1) is 22.0. The van der Waals surface area contributed by atoms with E-state index in [1.165, 1.54) is 30.7 Å². The molecular weight excluding hydrogens is 408 g/mol. The number of carboxylic acids is 1. The molecule has 2 aromatic carbocycles. The highest BCUT2D eigenvalue weighted by Crippen LogP contribution is 2.28. The molecule has 8 heteroatoms. The van der Waals surface area contributed by atoms with Gasteiger partial charge in [0.25, 0.3) is 10.1 Å². The third-order valence-corrected chi connectivity index (χ3v) is 6.00. The summed E-state index contributed by atoms with van der Waals surface area (Å²) < 4.78 is 39.2. The van der Waals surface area contributed by atoms with E-state index in [9.17, 15) is 27.7 Å². The van der Waals surface area contributed by atoms with Crippen molar-refractivity contribution in [2.45, 2.75) is 56.8 Å². The van der Waals surface area contributed by atoms with Gasteiger partial charge < -0.3 is 9.52 Å². The molecule has 0 aliphatic heterocycles. The van der Waals surface area contributed by atoms with Crippen molar-refractivity contribution in [3.63, 3.8) is 0 Å². The van der Waals surface area contributed by atoms with Crippen LogP contribution in [-0.2, 0) is 16.5 Å². The summed E-state index contributed by atoms with van der Waals surface area (Å²) in [6.07, 6.45) is 6.90. The molecular formula is C22H24O7S. The van der Waals surface area contributed by atoms with Gasteiger partial charge in [0.05, 0.1) is 16.3 Å². The van der Waals surface area contributed by atoms with Crippen LogP contribution in [0.3, 0.4) is 0 Å². The van der Waals surface area contributed by atoms with E-state index in [4.69, 9.17) is 4.42 Å². The monoisotopic (exact) mass is 432 g/mol. The molecule has 0 unspecified atom stereocenters. The van der Waals surface area contributed by atoms with Crippen molar-refractivity contribution in [3.05, 3.63) is 51.7 Å². The summed E-state index contributed by atoms with van der Waals surface area (Å²) in [7, 11) is -4.63. The summed E-state index contributed by atoms with van der Waals surface area (Å²) in [5, 5.41) is 9.22. The van der Waals surface area contributed by atoms with Crippen molar-refractivity contribution in [2.24, 2.45) is 0 Å². The molecule has 2 N–H and O–H groups in total. The van der Waals surface area contributed by atoms with Crippen molar-refractivity contribution in [1.82, 2.24) is 0 Å². The van der Waals surface area contributed by atoms with E-state index < -0.39 is 26.4 Å². The van der Waals surface area contributed by atoms with Gasteiger partial charge in [-0.25, -0.2) is 4.79 Å². The summed E-state index contributed by atoms with van der Waals surface area (Å²) in [4.78, 5) is 23.8. The van der Waals surface area contributed by atoms with Crippen molar-refractivity contribution >= 4 is 38.0 Å². The van der Waals surface area contributed by atoms with Gasteiger partial charge in [0.1, 0.15) is 10.5 Å². The summed E-state index contributed by atoms with van der Waals surface area (Å²) in [6, 6.07) is 6.67. The van der Waals surface area contributed by atoms with E-state index >= 15 is 0 Å². The largest absolute Gasteiger partial charge is 0.478 e. The Labute approximate surface area is 174 Å². The number of aromatic carboxylic acids is 1. The van der Waals surface area contributed by atoms with Gasteiger partial charge in [-0.2, -0.15) is 8.42 Å². The van der Waals surface area contributed by atoms with Crippen molar-refractivity contribution in [2.75, 3.05) is 0 Å². The van der Waals surface area contributed by atoms with Crippen molar-refractivity contribution in [1.29, 1.82) is 0 Å². The number of benzene rings is 2. The van der Waals surface area contributed by atoms with Gasteiger partial charge in [-0.15, -0.1) is 0 Å². The molecule has 0 fully saturated rings. The van der Waals surface area contributed by atoms with Crippen LogP contribution in [-0.4, -0.2) is 24.0 Å². The van der Waals surface area contributed by atoms with Gasteiger partial charge in [-0.1, -0.05) is 39.0 Å². The molecule has 0 atom stereocenters. The average molecular weight is 432 g/mol. The van der Waals surface area contributed by atoms with E-state index in [0.29, 0.717) is 12.0 Å². The fraction of sp³-hybridized carbons (Fsp3) is 0.364. The van der Waals surface area contributed by atoms with Gasteiger partial charge in [0.15, 0.2) is 5.58 Å². The molecule has 30 heavy (non-hydrogen) atoms. The molecule has 7 nitrogen and oxygen atoms in total. The van der Waals surface area contributed by atoms with Crippen LogP contribution >= 0.6 is 0 Å². The fourth-order valence-corrected chi connectivity index (χ4v) is 4.25. The van der Waals surface area contributed by atoms with Crippen LogP contribution in [0.2, 0.25) is 0 Å². The van der Waals surface area contributed by atoms with Crippen molar-refractivity contribution in [3.8, 4) is 0 Å². The van der Waals surface area contributed by atoms with Crippen LogP contribution in [0, 0.1) is 0 Å². The SMILES string of the molecule is CCCCCCCCc1cc(S(=O)(=O)O)c2oc3ccc(C(=O)O)cc3c(=O)c2c1. The van der Waals surface area contributed by atoms with Crippen molar-refractivity contribution < 1.29 is 27.3 Å². The fourth-order valence-electron chi connectivity index (χ4n) is 3.56. The summed E-state index contributed by atoms with van der Waals surface area (Å²) in [5.74, 6) is -1.19. The zero-order valence-electron chi connectivity index (χ0n) is 16.7. The summed E-state index contributed by atoms with van der Waals surface area (Å²) in [5.41, 5.74) is -0.195. The molecule has 1 aromatic heterocycles. The Morgan fingerprint density at radius 1 is 1.00 bits per heavy atom. The lowest BCUT2D eigenvalue weighted by atomic mass is 10.0. The molecule has 0 saturated carbocycles. The Kier molecular flexibility index (Phi) is 6.58. The van der Waals surface area contributed by atoms with Gasteiger partial charge in [-0.05, 0) is 48.7 Å². The molecule has 0 radical (unpaired) electrons. The standard InChI is InChI=1S/C22H24O7S/c1-2-3-4-5-6-7-8-14-11-17-20(23)16-13-15(22(24)25)9-10-18(16)29-21(17)19(12-14)30(26,27)28/h9-13H,2-8H2,1H3,(H,24,25)(H,26,27,28). The topological polar surface area (TPSA) is 122 Å². The zero-order valence-corrected chi connectivity index (χ0v) is 17.5. The van der Waals surface area contributed by atoms with E-state index in [2.05, 4.69) is 6.92 Å². The predicted octanol–water partition coefficient (Wildman–Crippen LogP) is 4.79. The molecule has 3 aromatic rings. The quantitative estimate of drug-likeness (QED) is 0.283. The van der Waals surface area contributed by atoms with Gasteiger partial charge in [-0.3, -0.25) is 9.35 Å². The molecule has 0 spiro atoms. The second-order valence-corrected chi connectivity index (χ2v) is 8.80. The normalized spacial score (nSPS) is 11.9. The minimum Gasteiger partial charge on any atom is -0.478 e. The first-order valence-corrected chi connectivity index (χ1v) is 11.4. The zero-order chi connectivity index (χ0) is 21.9. The molecule has 0 saturated heterocycles. The maximum atomic E-state index is 13.0. The van der Waals surface area contributed by atoms with Crippen LogP contribution in [0.5, 0.6) is 0 Å². The Balaban J connectivity index is 2.09. The van der Waals surface area contributed by atoms with E-state index in [0.717, 1.165) is 32.1 Å². The first-order chi connectivity index (χ1) is 14.2. The molecule has 0 amide bonds. The summed E-state index contributed by atoms with van der Waals surface area (Å²) in [6.45, 7) is 2.14. The molecule has 0 bridgehead atoms. The molecule has 1 heterocycles. The number of rotatable bonds is 9. The van der Waals surface area contributed by atoms with E-state index in [1.54, 1.807) is 6.07 Å².